The molecule has 1 atom stereocenters. The quantitative estimate of drug-likeness (QED) is 0.553. The third kappa shape index (κ3) is 1.43. The summed E-state index contributed by atoms with van der Waals surface area (Å²) in [7, 11) is 0. The van der Waals surface area contributed by atoms with E-state index in [2.05, 4.69) is 4.74 Å². The van der Waals surface area contributed by atoms with Gasteiger partial charge in [-0.25, -0.2) is 0 Å². The Balaban J connectivity index is 2.49. The maximum absolute atomic E-state index is 12.8. The highest BCUT2D eigenvalue weighted by atomic mass is 35.5. The van der Waals surface area contributed by atoms with Crippen LogP contribution in [-0.4, -0.2) is 10.7 Å². The van der Waals surface area contributed by atoms with Crippen LogP contribution < -0.4 is 0 Å². The molecule has 0 N–H and O–H groups in total. The smallest absolute Gasteiger partial charge is 0.317 e. The molecule has 1 heterocycles. The van der Waals surface area contributed by atoms with Crippen molar-refractivity contribution >= 4 is 23.2 Å². The Labute approximate surface area is 93.7 Å². The molecule has 0 aromatic heterocycles. The molecule has 82 valence electrons. The average molecular weight is 257 g/mol. The summed E-state index contributed by atoms with van der Waals surface area (Å²) in [4.78, 5) is 0. The second-order valence-electron chi connectivity index (χ2n) is 3.16. The van der Waals surface area contributed by atoms with Crippen molar-refractivity contribution in [2.24, 2.45) is 0 Å². The van der Waals surface area contributed by atoms with Crippen molar-refractivity contribution in [1.29, 1.82) is 0 Å². The SMILES string of the molecule is FC(F)(F)C1(c2ccccc2)OC1(Cl)Cl. The molecular weight excluding hydrogens is 252 g/mol. The highest BCUT2D eigenvalue weighted by Crippen LogP contribution is 2.68. The minimum absolute atomic E-state index is 0.0949. The van der Waals surface area contributed by atoms with Gasteiger partial charge >= 0.3 is 6.18 Å². The highest BCUT2D eigenvalue weighted by molar-refractivity contribution is 6.50. The summed E-state index contributed by atoms with van der Waals surface area (Å²) in [6, 6.07) is 7.09. The van der Waals surface area contributed by atoms with E-state index in [1.807, 2.05) is 0 Å². The van der Waals surface area contributed by atoms with Gasteiger partial charge in [0, 0.05) is 0 Å². The lowest BCUT2D eigenvalue weighted by atomic mass is 9.99. The first-order valence-corrected chi connectivity index (χ1v) is 4.77. The van der Waals surface area contributed by atoms with E-state index in [0.29, 0.717) is 0 Å². The van der Waals surface area contributed by atoms with E-state index in [1.165, 1.54) is 24.3 Å². The summed E-state index contributed by atoms with van der Waals surface area (Å²) in [6.07, 6.45) is -4.64. The number of benzene rings is 1. The fourth-order valence-electron chi connectivity index (χ4n) is 1.45. The zero-order valence-electron chi connectivity index (χ0n) is 7.18. The van der Waals surface area contributed by atoms with E-state index in [9.17, 15) is 13.2 Å². The van der Waals surface area contributed by atoms with Crippen LogP contribution in [0.3, 0.4) is 0 Å². The Hall–Kier alpha value is -0.450. The van der Waals surface area contributed by atoms with Crippen LogP contribution in [0.5, 0.6) is 0 Å². The molecule has 1 aliphatic rings. The van der Waals surface area contributed by atoms with Crippen LogP contribution >= 0.6 is 23.2 Å². The molecule has 0 bridgehead atoms. The minimum Gasteiger partial charge on any atom is -0.317 e. The minimum atomic E-state index is -4.64. The summed E-state index contributed by atoms with van der Waals surface area (Å²) in [5, 5.41) is 0. The highest BCUT2D eigenvalue weighted by Gasteiger charge is 2.83. The van der Waals surface area contributed by atoms with Crippen molar-refractivity contribution < 1.29 is 17.9 Å². The number of halogens is 5. The van der Waals surface area contributed by atoms with Gasteiger partial charge in [0.05, 0.1) is 0 Å². The van der Waals surface area contributed by atoms with Crippen LogP contribution in [0.25, 0.3) is 0 Å². The van der Waals surface area contributed by atoms with Crippen molar-refractivity contribution in [3.05, 3.63) is 35.9 Å². The molecular formula is C9H5Cl2F3O. The Morgan fingerprint density at radius 1 is 1.07 bits per heavy atom. The van der Waals surface area contributed by atoms with Crippen LogP contribution in [0.4, 0.5) is 13.2 Å². The molecule has 1 saturated heterocycles. The number of rotatable bonds is 1. The van der Waals surface area contributed by atoms with Gasteiger partial charge in [0.15, 0.2) is 0 Å². The molecule has 0 amide bonds. The number of alkyl halides is 5. The molecule has 15 heavy (non-hydrogen) atoms. The third-order valence-electron chi connectivity index (χ3n) is 2.23. The second kappa shape index (κ2) is 3.03. The van der Waals surface area contributed by atoms with Gasteiger partial charge in [-0.1, -0.05) is 53.5 Å². The summed E-state index contributed by atoms with van der Waals surface area (Å²) in [5.74, 6) is 0. The third-order valence-corrected chi connectivity index (χ3v) is 2.92. The van der Waals surface area contributed by atoms with Gasteiger partial charge in [-0.05, 0) is 5.56 Å². The zero-order chi connectivity index (χ0) is 11.3. The molecule has 2 rings (SSSR count). The molecule has 0 radical (unpaired) electrons. The zero-order valence-corrected chi connectivity index (χ0v) is 8.70. The van der Waals surface area contributed by atoms with Crippen molar-refractivity contribution in [3.8, 4) is 0 Å². The summed E-state index contributed by atoms with van der Waals surface area (Å²) in [6.45, 7) is 0. The predicted octanol–water partition coefficient (Wildman–Crippen LogP) is 3.61. The molecule has 1 aliphatic heterocycles. The summed E-state index contributed by atoms with van der Waals surface area (Å²) >= 11 is 10.8. The van der Waals surface area contributed by atoms with Gasteiger partial charge in [0.1, 0.15) is 0 Å². The van der Waals surface area contributed by atoms with Crippen molar-refractivity contribution in [1.82, 2.24) is 0 Å². The first-order valence-electron chi connectivity index (χ1n) is 4.01. The second-order valence-corrected chi connectivity index (χ2v) is 4.42. The maximum Gasteiger partial charge on any atom is 0.427 e. The number of ether oxygens (including phenoxy) is 1. The Bertz CT molecular complexity index is 377. The van der Waals surface area contributed by atoms with Gasteiger partial charge in [0.2, 0.25) is 5.60 Å². The van der Waals surface area contributed by atoms with E-state index >= 15 is 0 Å². The molecule has 1 unspecified atom stereocenters. The van der Waals surface area contributed by atoms with E-state index in [0.717, 1.165) is 0 Å². The average Bonchev–Trinajstić information content (AvgIpc) is 2.72. The predicted molar refractivity (Wildman–Crippen MR) is 49.7 cm³/mol. The lowest BCUT2D eigenvalue weighted by Gasteiger charge is -2.17. The molecule has 1 aromatic carbocycles. The standard InChI is InChI=1S/C9H5Cl2F3O/c10-8(11)7(15-8,9(12,13)14)6-4-2-1-3-5-6/h1-5H. The van der Waals surface area contributed by atoms with E-state index in [4.69, 9.17) is 23.2 Å². The molecule has 0 saturated carbocycles. The van der Waals surface area contributed by atoms with Gasteiger partial charge in [-0.3, -0.25) is 0 Å². The lowest BCUT2D eigenvalue weighted by molar-refractivity contribution is -0.187. The van der Waals surface area contributed by atoms with Crippen LogP contribution in [-0.2, 0) is 10.3 Å². The molecule has 6 heteroatoms. The number of hydrogen-bond acceptors (Lipinski definition) is 1. The largest absolute Gasteiger partial charge is 0.427 e. The van der Waals surface area contributed by atoms with Crippen LogP contribution in [0.1, 0.15) is 5.56 Å². The normalized spacial score (nSPS) is 28.9. The van der Waals surface area contributed by atoms with Crippen LogP contribution in [0, 0.1) is 0 Å². The van der Waals surface area contributed by atoms with Gasteiger partial charge in [0.25, 0.3) is 4.52 Å². The fraction of sp³-hybridized carbons (Fsp3) is 0.333. The maximum atomic E-state index is 12.8. The molecule has 1 nitrogen and oxygen atoms in total. The number of hydrogen-bond donors (Lipinski definition) is 0. The first-order chi connectivity index (χ1) is 6.81. The molecule has 1 aromatic rings. The summed E-state index contributed by atoms with van der Waals surface area (Å²) in [5.41, 5.74) is -2.69. The van der Waals surface area contributed by atoms with E-state index < -0.39 is 16.3 Å². The number of epoxide rings is 1. The topological polar surface area (TPSA) is 12.5 Å². The van der Waals surface area contributed by atoms with Gasteiger partial charge < -0.3 is 4.74 Å². The Morgan fingerprint density at radius 3 is 1.87 bits per heavy atom. The van der Waals surface area contributed by atoms with Gasteiger partial charge in [-0.15, -0.1) is 0 Å². The Morgan fingerprint density at radius 2 is 1.53 bits per heavy atom. The molecule has 0 spiro atoms. The fourth-order valence-corrected chi connectivity index (χ4v) is 2.12. The van der Waals surface area contributed by atoms with E-state index in [1.54, 1.807) is 6.07 Å². The van der Waals surface area contributed by atoms with Crippen molar-refractivity contribution in [2.45, 2.75) is 16.3 Å². The summed E-state index contributed by atoms with van der Waals surface area (Å²) < 4.78 is 40.6. The van der Waals surface area contributed by atoms with Crippen LogP contribution in [0.2, 0.25) is 0 Å². The molecule has 1 fully saturated rings. The monoisotopic (exact) mass is 256 g/mol. The Kier molecular flexibility index (Phi) is 2.23. The van der Waals surface area contributed by atoms with E-state index in [-0.39, 0.29) is 5.56 Å². The lowest BCUT2D eigenvalue weighted by Crippen LogP contribution is -2.34. The van der Waals surface area contributed by atoms with Crippen molar-refractivity contribution in [3.63, 3.8) is 0 Å². The van der Waals surface area contributed by atoms with Crippen molar-refractivity contribution in [2.75, 3.05) is 0 Å². The van der Waals surface area contributed by atoms with Crippen LogP contribution in [0.15, 0.2) is 30.3 Å². The first kappa shape index (κ1) is 11.0. The molecule has 0 aliphatic carbocycles. The van der Waals surface area contributed by atoms with Gasteiger partial charge in [-0.2, -0.15) is 13.2 Å².